The number of carbonyl (C=O) groups excluding carboxylic acids is 3. The maximum atomic E-state index is 13.2. The van der Waals surface area contributed by atoms with Crippen LogP contribution in [0.25, 0.3) is 0 Å². The molecular formula is C75H78Cl3N15O12. The van der Waals surface area contributed by atoms with Gasteiger partial charge in [0, 0.05) is 96.8 Å². The van der Waals surface area contributed by atoms with Crippen LogP contribution in [0.2, 0.25) is 15.1 Å². The molecule has 546 valence electrons. The summed E-state index contributed by atoms with van der Waals surface area (Å²) < 4.78 is 34.2. The van der Waals surface area contributed by atoms with Gasteiger partial charge in [-0.25, -0.2) is 15.0 Å². The van der Waals surface area contributed by atoms with Crippen molar-refractivity contribution in [2.45, 2.75) is 59.7 Å². The van der Waals surface area contributed by atoms with E-state index < -0.39 is 52.2 Å². The molecule has 30 heteroatoms. The highest BCUT2D eigenvalue weighted by atomic mass is 35.5. The van der Waals surface area contributed by atoms with Gasteiger partial charge in [0.15, 0.2) is 34.4 Å². The zero-order valence-electron chi connectivity index (χ0n) is 56.4. The second kappa shape index (κ2) is 36.8. The number of Topliss-reactive ketones (excluding diaryl/α,β-unsaturated/α-hetero) is 3. The van der Waals surface area contributed by atoms with Gasteiger partial charge in [-0.3, -0.25) is 57.4 Å². The number of aromatic nitrogens is 12. The molecule has 0 spiro atoms. The number of hydrogen-bond donors (Lipinski definition) is 0. The summed E-state index contributed by atoms with van der Waals surface area (Å²) in [6, 6.07) is 37.8. The van der Waals surface area contributed by atoms with Crippen LogP contribution in [0.3, 0.4) is 0 Å². The Morgan fingerprint density at radius 1 is 0.410 bits per heavy atom. The summed E-state index contributed by atoms with van der Waals surface area (Å²) in [6.45, 7) is 0. The van der Waals surface area contributed by atoms with E-state index in [2.05, 4.69) is 45.4 Å². The van der Waals surface area contributed by atoms with E-state index in [0.717, 1.165) is 16.7 Å². The summed E-state index contributed by atoms with van der Waals surface area (Å²) in [6.07, 6.45) is 13.2. The fraction of sp³-hybridized carbons (Fsp3) is 0.240. The minimum atomic E-state index is -0.494. The Labute approximate surface area is 620 Å². The zero-order valence-corrected chi connectivity index (χ0v) is 58.7. The van der Waals surface area contributed by atoms with E-state index in [4.69, 9.17) is 62.6 Å². The van der Waals surface area contributed by atoms with Crippen LogP contribution < -0.4 is 45.6 Å². The molecule has 0 saturated heterocycles. The number of benzene rings is 3. The molecule has 3 unspecified atom stereocenters. The van der Waals surface area contributed by atoms with Crippen LogP contribution in [0.15, 0.2) is 211 Å². The molecule has 0 aliphatic rings. The van der Waals surface area contributed by atoms with Gasteiger partial charge >= 0.3 is 0 Å². The van der Waals surface area contributed by atoms with Gasteiger partial charge < -0.3 is 42.5 Å². The largest absolute Gasteiger partial charge is 0.489 e. The van der Waals surface area contributed by atoms with Crippen LogP contribution >= 0.6 is 34.8 Å². The normalized spacial score (nSPS) is 11.4. The van der Waals surface area contributed by atoms with Gasteiger partial charge in [-0.15, -0.1) is 0 Å². The van der Waals surface area contributed by atoms with Crippen molar-refractivity contribution in [2.24, 2.45) is 21.1 Å². The summed E-state index contributed by atoms with van der Waals surface area (Å²) in [5.74, 6) is -0.867. The first kappa shape index (κ1) is 80.4. The predicted molar refractivity (Wildman–Crippen MR) is 400 cm³/mol. The Kier molecular flexibility index (Phi) is 28.2. The van der Waals surface area contributed by atoms with Crippen LogP contribution in [0, 0.1) is 0 Å². The highest BCUT2D eigenvalue weighted by Crippen LogP contribution is 2.37. The van der Waals surface area contributed by atoms with Crippen LogP contribution in [0.4, 0.5) is 17.8 Å². The average Bonchev–Trinajstić information content (AvgIpc) is 1.04. The van der Waals surface area contributed by atoms with Gasteiger partial charge in [-0.2, -0.15) is 0 Å². The summed E-state index contributed by atoms with van der Waals surface area (Å²) in [7, 11) is 14.0. The Morgan fingerprint density at radius 2 is 0.657 bits per heavy atom. The molecule has 0 radical (unpaired) electrons. The molecule has 9 heterocycles. The first-order valence-corrected chi connectivity index (χ1v) is 32.2. The van der Waals surface area contributed by atoms with Crippen molar-refractivity contribution in [2.75, 3.05) is 57.2 Å². The van der Waals surface area contributed by atoms with Crippen LogP contribution in [0.1, 0.15) is 122 Å². The fourth-order valence-electron chi connectivity index (χ4n) is 11.3. The van der Waals surface area contributed by atoms with Crippen molar-refractivity contribution >= 4 is 70.0 Å². The zero-order chi connectivity index (χ0) is 72.7. The van der Waals surface area contributed by atoms with Gasteiger partial charge in [-0.1, -0.05) is 164 Å². The fourth-order valence-corrected chi connectivity index (χ4v) is 11.9. The molecule has 12 aromatic rings. The third-order valence-corrected chi connectivity index (χ3v) is 17.2. The molecule has 0 aliphatic carbocycles. The van der Waals surface area contributed by atoms with Crippen LogP contribution in [0.5, 0.6) is 17.2 Å². The maximum absolute atomic E-state index is 13.2. The Bertz CT molecular complexity index is 4570. The topological polar surface area (TPSA) is 310 Å². The van der Waals surface area contributed by atoms with Crippen LogP contribution in [-0.4, -0.2) is 119 Å². The molecule has 0 amide bonds. The molecule has 0 bridgehead atoms. The molecule has 0 fully saturated rings. The smallest absolute Gasteiger partial charge is 0.297 e. The first-order valence-electron chi connectivity index (χ1n) is 31.1. The summed E-state index contributed by atoms with van der Waals surface area (Å²) in [4.78, 5) is 111. The van der Waals surface area contributed by atoms with Crippen molar-refractivity contribution < 1.29 is 42.2 Å². The second-order valence-electron chi connectivity index (χ2n) is 22.8. The minimum Gasteiger partial charge on any atom is -0.489 e. The van der Waals surface area contributed by atoms with E-state index in [1.54, 1.807) is 112 Å². The third kappa shape index (κ3) is 17.9. The van der Waals surface area contributed by atoms with Crippen molar-refractivity contribution in [3.05, 3.63) is 297 Å². The molecule has 0 N–H and O–H groups in total. The molecule has 0 saturated carbocycles. The standard InChI is InChI=1S/3C24H22ClN5O4.3CH4/c3*1-29(21(16-8-5-4-6-9-16)19-17(25)10-7-11-26-19)24-28-20(22(33-3)23(32)30(24)2)18(31)12-15-13-27-34-14-15;;;/h3*4-11,13-14,21H,12H2,1-3H3;3*1H4. The Balaban J connectivity index is 0.000000217. The molecule has 27 nitrogen and oxygen atoms in total. The van der Waals surface area contributed by atoms with E-state index in [1.165, 1.54) is 72.4 Å². The molecule has 12 rings (SSSR count). The van der Waals surface area contributed by atoms with Gasteiger partial charge in [0.2, 0.25) is 35.1 Å². The van der Waals surface area contributed by atoms with Crippen molar-refractivity contribution in [3.63, 3.8) is 0 Å². The molecule has 0 aliphatic heterocycles. The SMILES string of the molecule is C.C.C.COc1c(C(=O)Cc2cnoc2)nc(N(C)C(c2ccccc2)c2ncccc2Cl)n(C)c1=O.COc1c(C(=O)Cc2cnoc2)nc(N(C)C(c2ccccc2)c2ncccc2Cl)n(C)c1=O.COc1c(C(=O)Cc2cnoc2)nc(N(C)C(c2ccccc2)c2ncccc2Cl)n(C)c1=O. The number of anilines is 3. The lowest BCUT2D eigenvalue weighted by molar-refractivity contribution is 0.0976. The Morgan fingerprint density at radius 3 is 0.867 bits per heavy atom. The van der Waals surface area contributed by atoms with Crippen molar-refractivity contribution in [1.82, 2.24) is 59.1 Å². The van der Waals surface area contributed by atoms with Gasteiger partial charge in [0.05, 0.1) is 72.1 Å². The van der Waals surface area contributed by atoms with Gasteiger partial charge in [0.25, 0.3) is 16.7 Å². The number of pyridine rings is 3. The molecule has 9 aromatic heterocycles. The van der Waals surface area contributed by atoms with Gasteiger partial charge in [-0.05, 0) is 53.1 Å². The molecule has 105 heavy (non-hydrogen) atoms. The highest BCUT2D eigenvalue weighted by molar-refractivity contribution is 6.32. The van der Waals surface area contributed by atoms with Crippen LogP contribution in [-0.2, 0) is 40.4 Å². The number of rotatable bonds is 24. The average molecular weight is 1490 g/mol. The van der Waals surface area contributed by atoms with E-state index in [-0.39, 0.29) is 93.7 Å². The summed E-state index contributed by atoms with van der Waals surface area (Å²) in [5.41, 5.74) is 4.37. The van der Waals surface area contributed by atoms with Crippen molar-refractivity contribution in [1.29, 1.82) is 0 Å². The maximum Gasteiger partial charge on any atom is 0.297 e. The number of carbonyl (C=O) groups is 3. The lowest BCUT2D eigenvalue weighted by Crippen LogP contribution is -2.35. The number of methoxy groups -OCH3 is 3. The summed E-state index contributed by atoms with van der Waals surface area (Å²) in [5, 5.41) is 12.2. The second-order valence-corrected chi connectivity index (χ2v) is 24.0. The lowest BCUT2D eigenvalue weighted by Gasteiger charge is -2.31. The minimum absolute atomic E-state index is 0. The quantitative estimate of drug-likeness (QED) is 0.0507. The van der Waals surface area contributed by atoms with E-state index >= 15 is 0 Å². The van der Waals surface area contributed by atoms with E-state index in [0.29, 0.717) is 48.8 Å². The van der Waals surface area contributed by atoms with Gasteiger partial charge in [0.1, 0.15) is 36.9 Å². The first-order chi connectivity index (χ1) is 49.3. The van der Waals surface area contributed by atoms with Crippen molar-refractivity contribution in [3.8, 4) is 17.2 Å². The number of halogens is 3. The number of nitrogens with zero attached hydrogens (tertiary/aromatic N) is 15. The molecule has 3 aromatic carbocycles. The van der Waals surface area contributed by atoms with E-state index in [1.807, 2.05) is 91.0 Å². The monoisotopic (exact) mass is 1490 g/mol. The lowest BCUT2D eigenvalue weighted by atomic mass is 10.0. The highest BCUT2D eigenvalue weighted by Gasteiger charge is 2.34. The Hall–Kier alpha value is -11.9. The molecule has 3 atom stereocenters. The van der Waals surface area contributed by atoms with E-state index in [9.17, 15) is 28.8 Å². The predicted octanol–water partition coefficient (Wildman–Crippen LogP) is 12.3. The summed E-state index contributed by atoms with van der Waals surface area (Å²) >= 11 is 19.5. The number of ether oxygens (including phenoxy) is 3. The number of ketones is 3. The number of hydrogen-bond acceptors (Lipinski definition) is 24. The molecular weight excluding hydrogens is 1410 g/mol. The third-order valence-electron chi connectivity index (χ3n) is 16.2.